The highest BCUT2D eigenvalue weighted by Gasteiger charge is 2.13. The van der Waals surface area contributed by atoms with Gasteiger partial charge < -0.3 is 11.1 Å². The monoisotopic (exact) mass is 312 g/mol. The molecule has 4 rings (SSSR count). The Labute approximate surface area is 129 Å². The number of aryl methyl sites for hydroxylation is 1. The molecule has 0 aliphatic rings. The van der Waals surface area contributed by atoms with E-state index in [9.17, 15) is 0 Å². The van der Waals surface area contributed by atoms with Crippen LogP contribution >= 0.6 is 11.5 Å². The molecule has 110 valence electrons. The zero-order valence-electron chi connectivity index (χ0n) is 11.6. The van der Waals surface area contributed by atoms with Crippen molar-refractivity contribution >= 4 is 33.8 Å². The van der Waals surface area contributed by atoms with Gasteiger partial charge in [0.1, 0.15) is 10.8 Å². The number of nitrogens with one attached hydrogen (secondary N) is 2. The van der Waals surface area contributed by atoms with Gasteiger partial charge in [0.25, 0.3) is 0 Å². The van der Waals surface area contributed by atoms with Gasteiger partial charge in [0, 0.05) is 11.8 Å². The molecule has 4 N–H and O–H groups in total. The van der Waals surface area contributed by atoms with Crippen molar-refractivity contribution in [3.63, 3.8) is 0 Å². The van der Waals surface area contributed by atoms with Gasteiger partial charge in [0.05, 0.1) is 30.0 Å². The minimum atomic E-state index is 0.402. The molecule has 0 bridgehead atoms. The number of aromatic amines is 1. The summed E-state index contributed by atoms with van der Waals surface area (Å²) < 4.78 is 6.13. The predicted molar refractivity (Wildman–Crippen MR) is 85.1 cm³/mol. The first kappa shape index (κ1) is 12.8. The number of hydrogen-bond donors (Lipinski definition) is 3. The molecule has 0 fully saturated rings. The van der Waals surface area contributed by atoms with Gasteiger partial charge in [-0.2, -0.15) is 9.47 Å². The molecule has 0 amide bonds. The van der Waals surface area contributed by atoms with E-state index in [1.807, 2.05) is 17.4 Å². The Morgan fingerprint density at radius 2 is 2.27 bits per heavy atom. The third-order valence-electron chi connectivity index (χ3n) is 3.17. The van der Waals surface area contributed by atoms with E-state index in [0.29, 0.717) is 17.3 Å². The van der Waals surface area contributed by atoms with Crippen molar-refractivity contribution in [2.24, 2.45) is 0 Å². The molecule has 0 aromatic carbocycles. The zero-order valence-corrected chi connectivity index (χ0v) is 12.4. The van der Waals surface area contributed by atoms with Gasteiger partial charge in [0.2, 0.25) is 0 Å². The molecule has 0 aliphatic heterocycles. The van der Waals surface area contributed by atoms with Gasteiger partial charge in [-0.25, -0.2) is 9.97 Å². The van der Waals surface area contributed by atoms with Crippen LogP contribution in [-0.4, -0.2) is 28.9 Å². The van der Waals surface area contributed by atoms with Crippen LogP contribution in [0.15, 0.2) is 30.9 Å². The average molecular weight is 312 g/mol. The van der Waals surface area contributed by atoms with Gasteiger partial charge in [-0.15, -0.1) is 0 Å². The topological polar surface area (TPSA) is 110 Å². The summed E-state index contributed by atoms with van der Waals surface area (Å²) in [6.45, 7) is 1.94. The number of nitrogens with two attached hydrogens (primary N) is 1. The molecule has 0 saturated carbocycles. The number of hydrogen-bond acceptors (Lipinski definition) is 7. The molecule has 4 heterocycles. The molecule has 0 unspecified atom stereocenters. The molecule has 4 aromatic heterocycles. The molecule has 0 aliphatic carbocycles. The quantitative estimate of drug-likeness (QED) is 0.535. The lowest BCUT2D eigenvalue weighted by molar-refractivity contribution is 1.09. The fraction of sp³-hybridized carbons (Fsp3) is 0.0769. The maximum Gasteiger partial charge on any atom is 0.181 e. The van der Waals surface area contributed by atoms with Crippen LogP contribution in [0.3, 0.4) is 0 Å². The van der Waals surface area contributed by atoms with Crippen LogP contribution < -0.4 is 11.1 Å². The molecular weight excluding hydrogens is 300 g/mol. The highest BCUT2D eigenvalue weighted by Crippen LogP contribution is 2.27. The Morgan fingerprint density at radius 1 is 1.36 bits per heavy atom. The number of rotatable bonds is 3. The molecule has 0 saturated heterocycles. The first-order valence-electron chi connectivity index (χ1n) is 6.54. The van der Waals surface area contributed by atoms with Crippen LogP contribution in [0, 0.1) is 6.92 Å². The maximum absolute atomic E-state index is 5.93. The molecule has 0 atom stereocenters. The van der Waals surface area contributed by atoms with Gasteiger partial charge in [-0.1, -0.05) is 0 Å². The Balaban J connectivity index is 1.85. The Kier molecular flexibility index (Phi) is 2.79. The fourth-order valence-electron chi connectivity index (χ4n) is 2.23. The first-order chi connectivity index (χ1) is 10.7. The standard InChI is InChI=1S/C13H12N8S/c1-7-2-11(22-20-7)19-12-13-15-5-9(8-3-16-17-4-8)21(13)6-10(14)18-12/h2-6H,14H2,1H3,(H,16,17)(H,18,19). The molecular formula is C13H12N8S. The summed E-state index contributed by atoms with van der Waals surface area (Å²) in [5, 5.41) is 10.9. The van der Waals surface area contributed by atoms with Crippen molar-refractivity contribution < 1.29 is 0 Å². The van der Waals surface area contributed by atoms with E-state index in [2.05, 4.69) is 29.9 Å². The number of nitrogen functional groups attached to an aromatic ring is 1. The van der Waals surface area contributed by atoms with E-state index >= 15 is 0 Å². The summed E-state index contributed by atoms with van der Waals surface area (Å²) in [6, 6.07) is 1.95. The normalized spacial score (nSPS) is 11.1. The zero-order chi connectivity index (χ0) is 15.1. The second-order valence-electron chi connectivity index (χ2n) is 4.80. The highest BCUT2D eigenvalue weighted by atomic mass is 32.1. The first-order valence-corrected chi connectivity index (χ1v) is 7.31. The second-order valence-corrected chi connectivity index (χ2v) is 5.60. The molecule has 8 nitrogen and oxygen atoms in total. The van der Waals surface area contributed by atoms with E-state index in [0.717, 1.165) is 22.0 Å². The van der Waals surface area contributed by atoms with Crippen LogP contribution in [0.1, 0.15) is 5.69 Å². The predicted octanol–water partition coefficient (Wildman–Crippen LogP) is 2.21. The minimum Gasteiger partial charge on any atom is -0.382 e. The van der Waals surface area contributed by atoms with Crippen molar-refractivity contribution in [3.05, 3.63) is 36.5 Å². The summed E-state index contributed by atoms with van der Waals surface area (Å²) in [4.78, 5) is 8.78. The average Bonchev–Trinajstić information content (AvgIpc) is 3.18. The van der Waals surface area contributed by atoms with Crippen molar-refractivity contribution in [2.45, 2.75) is 6.92 Å². The Hall–Kier alpha value is -2.94. The third-order valence-corrected chi connectivity index (χ3v) is 3.97. The molecule has 4 aromatic rings. The summed E-state index contributed by atoms with van der Waals surface area (Å²) in [5.74, 6) is 0.998. The van der Waals surface area contributed by atoms with E-state index < -0.39 is 0 Å². The SMILES string of the molecule is Cc1cc(Nc2nc(N)cn3c(-c4cn[nH]c4)cnc23)sn1. The third kappa shape index (κ3) is 2.07. The van der Waals surface area contributed by atoms with Crippen LogP contribution in [0.5, 0.6) is 0 Å². The molecule has 9 heteroatoms. The smallest absolute Gasteiger partial charge is 0.181 e. The van der Waals surface area contributed by atoms with E-state index in [-0.39, 0.29) is 0 Å². The van der Waals surface area contributed by atoms with Crippen LogP contribution in [0.25, 0.3) is 16.9 Å². The van der Waals surface area contributed by atoms with Gasteiger partial charge in [0.15, 0.2) is 11.5 Å². The number of nitrogens with zero attached hydrogens (tertiary/aromatic N) is 5. The number of H-pyrrole nitrogens is 1. The van der Waals surface area contributed by atoms with Crippen molar-refractivity contribution in [1.29, 1.82) is 0 Å². The number of aromatic nitrogens is 6. The van der Waals surface area contributed by atoms with Crippen molar-refractivity contribution in [1.82, 2.24) is 28.9 Å². The van der Waals surface area contributed by atoms with Crippen molar-refractivity contribution in [3.8, 4) is 11.3 Å². The van der Waals surface area contributed by atoms with Crippen molar-refractivity contribution in [2.75, 3.05) is 11.1 Å². The number of imidazole rings is 1. The number of fused-ring (bicyclic) bond motifs is 1. The van der Waals surface area contributed by atoms with E-state index in [1.54, 1.807) is 24.8 Å². The number of anilines is 3. The fourth-order valence-corrected chi connectivity index (χ4v) is 2.90. The van der Waals surface area contributed by atoms with Gasteiger partial charge >= 0.3 is 0 Å². The minimum absolute atomic E-state index is 0.402. The second kappa shape index (κ2) is 4.81. The largest absolute Gasteiger partial charge is 0.382 e. The summed E-state index contributed by atoms with van der Waals surface area (Å²) in [7, 11) is 0. The van der Waals surface area contributed by atoms with Crippen LogP contribution in [0.4, 0.5) is 16.6 Å². The maximum atomic E-state index is 5.93. The Bertz CT molecular complexity index is 936. The lowest BCUT2D eigenvalue weighted by atomic mass is 10.3. The highest BCUT2D eigenvalue weighted by molar-refractivity contribution is 7.10. The molecule has 0 radical (unpaired) electrons. The van der Waals surface area contributed by atoms with Crippen LogP contribution in [-0.2, 0) is 0 Å². The molecule has 22 heavy (non-hydrogen) atoms. The lowest BCUT2D eigenvalue weighted by Gasteiger charge is -2.07. The van der Waals surface area contributed by atoms with Gasteiger partial charge in [-0.3, -0.25) is 9.50 Å². The van der Waals surface area contributed by atoms with E-state index in [1.165, 1.54) is 11.5 Å². The van der Waals surface area contributed by atoms with E-state index in [4.69, 9.17) is 5.73 Å². The van der Waals surface area contributed by atoms with Gasteiger partial charge in [-0.05, 0) is 24.5 Å². The lowest BCUT2D eigenvalue weighted by Crippen LogP contribution is -2.02. The summed E-state index contributed by atoms with van der Waals surface area (Å²) >= 11 is 1.37. The Morgan fingerprint density at radius 3 is 3.00 bits per heavy atom. The summed E-state index contributed by atoms with van der Waals surface area (Å²) in [6.07, 6.45) is 7.05. The summed E-state index contributed by atoms with van der Waals surface area (Å²) in [5.41, 5.74) is 9.39. The molecule has 0 spiro atoms. The van der Waals surface area contributed by atoms with Crippen LogP contribution in [0.2, 0.25) is 0 Å².